The first-order valence-corrected chi connectivity index (χ1v) is 9.34. The SMILES string of the molecule is COc1ccc(C(=O)COC(=O)c2ccc(S(=O)(=O)NC3CC3)o2)cc1. The Labute approximate surface area is 150 Å². The van der Waals surface area contributed by atoms with Gasteiger partial charge in [-0.15, -0.1) is 0 Å². The summed E-state index contributed by atoms with van der Waals surface area (Å²) in [5, 5.41) is -0.363. The van der Waals surface area contributed by atoms with Crippen LogP contribution < -0.4 is 9.46 Å². The Morgan fingerprint density at radius 1 is 1.15 bits per heavy atom. The average Bonchev–Trinajstić information content (AvgIpc) is 3.28. The molecule has 0 amide bonds. The van der Waals surface area contributed by atoms with Crippen LogP contribution in [0, 0.1) is 0 Å². The molecule has 9 heteroatoms. The third-order valence-corrected chi connectivity index (χ3v) is 5.09. The molecule has 1 fully saturated rings. The van der Waals surface area contributed by atoms with E-state index < -0.39 is 28.4 Å². The normalized spacial score (nSPS) is 14.0. The molecule has 1 saturated carbocycles. The Kier molecular flexibility index (Phi) is 5.10. The van der Waals surface area contributed by atoms with Gasteiger partial charge in [0.2, 0.25) is 10.9 Å². The molecule has 0 saturated heterocycles. The minimum Gasteiger partial charge on any atom is -0.497 e. The van der Waals surface area contributed by atoms with Crippen molar-refractivity contribution in [1.29, 1.82) is 0 Å². The third kappa shape index (κ3) is 4.30. The molecule has 0 bridgehead atoms. The van der Waals surface area contributed by atoms with Crippen molar-refractivity contribution >= 4 is 21.8 Å². The summed E-state index contributed by atoms with van der Waals surface area (Å²) in [5.74, 6) is -1.01. The average molecular weight is 379 g/mol. The van der Waals surface area contributed by atoms with Gasteiger partial charge in [-0.3, -0.25) is 4.79 Å². The van der Waals surface area contributed by atoms with Gasteiger partial charge in [0, 0.05) is 11.6 Å². The second-order valence-electron chi connectivity index (χ2n) is 5.74. The van der Waals surface area contributed by atoms with Gasteiger partial charge in [-0.1, -0.05) is 0 Å². The predicted molar refractivity (Wildman–Crippen MR) is 89.7 cm³/mol. The van der Waals surface area contributed by atoms with E-state index in [1.807, 2.05) is 0 Å². The van der Waals surface area contributed by atoms with E-state index in [1.54, 1.807) is 24.3 Å². The van der Waals surface area contributed by atoms with Gasteiger partial charge in [-0.05, 0) is 49.2 Å². The molecule has 0 aliphatic heterocycles. The highest BCUT2D eigenvalue weighted by Gasteiger charge is 2.30. The van der Waals surface area contributed by atoms with Crippen molar-refractivity contribution in [2.75, 3.05) is 13.7 Å². The van der Waals surface area contributed by atoms with Crippen molar-refractivity contribution in [2.45, 2.75) is 24.0 Å². The fraction of sp³-hybridized carbons (Fsp3) is 0.294. The number of hydrogen-bond donors (Lipinski definition) is 1. The molecule has 26 heavy (non-hydrogen) atoms. The molecule has 0 spiro atoms. The zero-order valence-electron chi connectivity index (χ0n) is 13.9. The number of methoxy groups -OCH3 is 1. The second-order valence-corrected chi connectivity index (χ2v) is 7.39. The lowest BCUT2D eigenvalue weighted by atomic mass is 10.1. The van der Waals surface area contributed by atoms with Crippen LogP contribution in [0.5, 0.6) is 5.75 Å². The zero-order chi connectivity index (χ0) is 18.7. The van der Waals surface area contributed by atoms with Crippen molar-refractivity contribution in [1.82, 2.24) is 4.72 Å². The maximum atomic E-state index is 12.0. The minimum atomic E-state index is -3.79. The van der Waals surface area contributed by atoms with Crippen molar-refractivity contribution < 1.29 is 31.9 Å². The van der Waals surface area contributed by atoms with Crippen molar-refractivity contribution in [3.05, 3.63) is 47.7 Å². The zero-order valence-corrected chi connectivity index (χ0v) is 14.7. The number of Topliss-reactive ketones (excluding diaryl/α,β-unsaturated/α-hetero) is 1. The largest absolute Gasteiger partial charge is 0.497 e. The molecule has 138 valence electrons. The minimum absolute atomic E-state index is 0.0809. The van der Waals surface area contributed by atoms with Crippen molar-refractivity contribution in [2.24, 2.45) is 0 Å². The molecule has 1 N–H and O–H groups in total. The maximum Gasteiger partial charge on any atom is 0.374 e. The molecule has 0 unspecified atom stereocenters. The first-order valence-electron chi connectivity index (χ1n) is 7.85. The summed E-state index contributed by atoms with van der Waals surface area (Å²) in [5.41, 5.74) is 0.356. The van der Waals surface area contributed by atoms with Gasteiger partial charge in [-0.25, -0.2) is 17.9 Å². The highest BCUT2D eigenvalue weighted by atomic mass is 32.2. The number of rotatable bonds is 8. The molecule has 3 rings (SSSR count). The van der Waals surface area contributed by atoms with Gasteiger partial charge in [0.15, 0.2) is 12.4 Å². The topological polar surface area (TPSA) is 112 Å². The van der Waals surface area contributed by atoms with E-state index in [0.29, 0.717) is 11.3 Å². The second kappa shape index (κ2) is 7.30. The van der Waals surface area contributed by atoms with Gasteiger partial charge in [0.25, 0.3) is 10.0 Å². The molecule has 1 aromatic carbocycles. The third-order valence-electron chi connectivity index (χ3n) is 3.69. The van der Waals surface area contributed by atoms with Gasteiger partial charge >= 0.3 is 5.97 Å². The Balaban J connectivity index is 1.58. The molecule has 1 aromatic heterocycles. The molecular formula is C17H17NO7S. The van der Waals surface area contributed by atoms with Crippen LogP contribution in [0.3, 0.4) is 0 Å². The first-order chi connectivity index (χ1) is 12.4. The summed E-state index contributed by atoms with van der Waals surface area (Å²) in [6.45, 7) is -0.492. The molecule has 0 radical (unpaired) electrons. The number of benzene rings is 1. The number of furan rings is 1. The number of carbonyl (C=O) groups excluding carboxylic acids is 2. The van der Waals surface area contributed by atoms with Crippen molar-refractivity contribution in [3.63, 3.8) is 0 Å². The van der Waals surface area contributed by atoms with E-state index in [1.165, 1.54) is 19.2 Å². The molecular weight excluding hydrogens is 362 g/mol. The summed E-state index contributed by atoms with van der Waals surface area (Å²) in [4.78, 5) is 24.0. The monoisotopic (exact) mass is 379 g/mol. The summed E-state index contributed by atoms with van der Waals surface area (Å²) >= 11 is 0. The van der Waals surface area contributed by atoms with Gasteiger partial charge in [0.1, 0.15) is 5.75 Å². The van der Waals surface area contributed by atoms with Crippen LogP contribution >= 0.6 is 0 Å². The number of ether oxygens (including phenoxy) is 2. The number of sulfonamides is 1. The molecule has 1 aliphatic carbocycles. The van der Waals surface area contributed by atoms with Gasteiger partial charge < -0.3 is 13.9 Å². The summed E-state index contributed by atoms with van der Waals surface area (Å²) in [7, 11) is -2.28. The van der Waals surface area contributed by atoms with E-state index in [0.717, 1.165) is 12.8 Å². The van der Waals surface area contributed by atoms with E-state index in [2.05, 4.69) is 4.72 Å². The standard InChI is InChI=1S/C17H17NO7S/c1-23-13-6-2-11(3-7-13)14(19)10-24-17(20)15-8-9-16(25-15)26(21,22)18-12-4-5-12/h2-3,6-9,12,18H,4-5,10H2,1H3. The van der Waals surface area contributed by atoms with Crippen LogP contribution in [-0.4, -0.2) is 39.9 Å². The maximum absolute atomic E-state index is 12.0. The number of hydrogen-bond acceptors (Lipinski definition) is 7. The molecule has 0 atom stereocenters. The Morgan fingerprint density at radius 2 is 1.85 bits per heavy atom. The lowest BCUT2D eigenvalue weighted by Crippen LogP contribution is -2.25. The Hall–Kier alpha value is -2.65. The molecule has 1 heterocycles. The van der Waals surface area contributed by atoms with E-state index >= 15 is 0 Å². The quantitative estimate of drug-likeness (QED) is 0.549. The number of ketones is 1. The highest BCUT2D eigenvalue weighted by molar-refractivity contribution is 7.89. The number of esters is 1. The summed E-state index contributed by atoms with van der Waals surface area (Å²) < 4.78 is 41.4. The first kappa shape index (κ1) is 18.2. The molecule has 8 nitrogen and oxygen atoms in total. The fourth-order valence-corrected chi connectivity index (χ4v) is 3.35. The summed E-state index contributed by atoms with van der Waals surface area (Å²) in [6.07, 6.45) is 1.56. The number of nitrogens with one attached hydrogen (secondary N) is 1. The predicted octanol–water partition coefficient (Wildman–Crippen LogP) is 1.77. The van der Waals surface area contributed by atoms with Crippen LogP contribution in [0.4, 0.5) is 0 Å². The summed E-state index contributed by atoms with van der Waals surface area (Å²) in [6, 6.07) is 8.63. The fourth-order valence-electron chi connectivity index (χ4n) is 2.12. The Morgan fingerprint density at radius 3 is 2.46 bits per heavy atom. The van der Waals surface area contributed by atoms with Crippen LogP contribution in [0.1, 0.15) is 33.8 Å². The molecule has 2 aromatic rings. The Bertz CT molecular complexity index is 911. The highest BCUT2D eigenvalue weighted by Crippen LogP contribution is 2.23. The van der Waals surface area contributed by atoms with E-state index in [4.69, 9.17) is 13.9 Å². The lowest BCUT2D eigenvalue weighted by molar-refractivity contribution is 0.0438. The van der Waals surface area contributed by atoms with Gasteiger partial charge in [0.05, 0.1) is 7.11 Å². The number of carbonyl (C=O) groups is 2. The van der Waals surface area contributed by atoms with Crippen molar-refractivity contribution in [3.8, 4) is 5.75 Å². The lowest BCUT2D eigenvalue weighted by Gasteiger charge is -2.04. The van der Waals surface area contributed by atoms with Gasteiger partial charge in [-0.2, -0.15) is 0 Å². The van der Waals surface area contributed by atoms with E-state index in [-0.39, 0.29) is 16.9 Å². The van der Waals surface area contributed by atoms with Crippen LogP contribution in [0.15, 0.2) is 45.9 Å². The van der Waals surface area contributed by atoms with Crippen LogP contribution in [0.25, 0.3) is 0 Å². The molecule has 1 aliphatic rings. The van der Waals surface area contributed by atoms with Crippen LogP contribution in [-0.2, 0) is 14.8 Å². The van der Waals surface area contributed by atoms with E-state index in [9.17, 15) is 18.0 Å². The smallest absolute Gasteiger partial charge is 0.374 e. The van der Waals surface area contributed by atoms with Crippen LogP contribution in [0.2, 0.25) is 0 Å².